The van der Waals surface area contributed by atoms with Crippen molar-refractivity contribution in [2.75, 3.05) is 20.8 Å². The second-order valence-electron chi connectivity index (χ2n) is 4.00. The van der Waals surface area contributed by atoms with E-state index in [0.29, 0.717) is 11.3 Å². The molecule has 0 aliphatic heterocycles. The summed E-state index contributed by atoms with van der Waals surface area (Å²) in [5, 5.41) is 0. The van der Waals surface area contributed by atoms with E-state index in [-0.39, 0.29) is 17.9 Å². The summed E-state index contributed by atoms with van der Waals surface area (Å²) in [7, 11) is 2.91. The van der Waals surface area contributed by atoms with Gasteiger partial charge in [0.1, 0.15) is 0 Å². The number of hydrogen-bond acceptors (Lipinski definition) is 5. The largest absolute Gasteiger partial charge is 0.493 e. The SMILES string of the molecule is CCOC(=O)C(=O)c1c(C)cc(C)c(OC)c1OC. The number of Topliss-reactive ketones (excluding diaryl/α,β-unsaturated/α-hetero) is 1. The zero-order chi connectivity index (χ0) is 14.6. The first-order chi connectivity index (χ1) is 8.97. The summed E-state index contributed by atoms with van der Waals surface area (Å²) >= 11 is 0. The fourth-order valence-electron chi connectivity index (χ4n) is 1.96. The predicted molar refractivity (Wildman–Crippen MR) is 70.0 cm³/mol. The fourth-order valence-corrected chi connectivity index (χ4v) is 1.96. The Bertz CT molecular complexity index is 505. The molecule has 0 atom stereocenters. The average Bonchev–Trinajstić information content (AvgIpc) is 2.37. The minimum absolute atomic E-state index is 0.148. The van der Waals surface area contributed by atoms with Crippen LogP contribution in [0.2, 0.25) is 0 Å². The molecule has 1 rings (SSSR count). The van der Waals surface area contributed by atoms with E-state index in [4.69, 9.17) is 14.2 Å². The fraction of sp³-hybridized carbons (Fsp3) is 0.429. The first kappa shape index (κ1) is 15.0. The molecule has 0 saturated carbocycles. The smallest absolute Gasteiger partial charge is 0.379 e. The van der Waals surface area contributed by atoms with Crippen LogP contribution in [0.1, 0.15) is 28.4 Å². The van der Waals surface area contributed by atoms with Crippen molar-refractivity contribution in [3.8, 4) is 11.5 Å². The van der Waals surface area contributed by atoms with Crippen LogP contribution in [-0.2, 0) is 9.53 Å². The Morgan fingerprint density at radius 3 is 2.11 bits per heavy atom. The van der Waals surface area contributed by atoms with Crippen LogP contribution >= 0.6 is 0 Å². The van der Waals surface area contributed by atoms with Crippen LogP contribution in [0.5, 0.6) is 11.5 Å². The quantitative estimate of drug-likeness (QED) is 0.464. The molecule has 5 nitrogen and oxygen atoms in total. The molecule has 0 spiro atoms. The number of ether oxygens (including phenoxy) is 3. The lowest BCUT2D eigenvalue weighted by molar-refractivity contribution is -0.137. The van der Waals surface area contributed by atoms with Gasteiger partial charge in [-0.15, -0.1) is 0 Å². The molecule has 0 aromatic heterocycles. The van der Waals surface area contributed by atoms with Gasteiger partial charge in [0.15, 0.2) is 11.5 Å². The van der Waals surface area contributed by atoms with E-state index < -0.39 is 11.8 Å². The highest BCUT2D eigenvalue weighted by molar-refractivity contribution is 6.41. The molecule has 1 aromatic rings. The Labute approximate surface area is 112 Å². The molecule has 0 bridgehead atoms. The van der Waals surface area contributed by atoms with Crippen LogP contribution in [0, 0.1) is 13.8 Å². The maximum Gasteiger partial charge on any atom is 0.379 e. The standard InChI is InChI=1S/C14H18O5/c1-6-19-14(16)11(15)10-8(2)7-9(3)12(17-4)13(10)18-5/h7H,6H2,1-5H3. The van der Waals surface area contributed by atoms with E-state index in [1.807, 2.05) is 6.92 Å². The number of carbonyl (C=O) groups excluding carboxylic acids is 2. The Kier molecular flexibility index (Phi) is 4.92. The van der Waals surface area contributed by atoms with Crippen LogP contribution in [0.15, 0.2) is 6.07 Å². The molecular formula is C14H18O5. The summed E-state index contributed by atoms with van der Waals surface area (Å²) in [4.78, 5) is 23.7. The summed E-state index contributed by atoms with van der Waals surface area (Å²) in [6, 6.07) is 1.77. The van der Waals surface area contributed by atoms with E-state index in [1.54, 1.807) is 19.9 Å². The number of esters is 1. The lowest BCUT2D eigenvalue weighted by atomic mass is 9.99. The molecule has 0 saturated heterocycles. The monoisotopic (exact) mass is 266 g/mol. The zero-order valence-corrected chi connectivity index (χ0v) is 11.8. The second-order valence-corrected chi connectivity index (χ2v) is 4.00. The van der Waals surface area contributed by atoms with Crippen molar-refractivity contribution >= 4 is 11.8 Å². The summed E-state index contributed by atoms with van der Waals surface area (Å²) < 4.78 is 15.2. The van der Waals surface area contributed by atoms with Crippen molar-refractivity contribution in [2.24, 2.45) is 0 Å². The molecule has 0 N–H and O–H groups in total. The molecule has 0 aliphatic carbocycles. The maximum atomic E-state index is 12.1. The normalized spacial score (nSPS) is 9.95. The average molecular weight is 266 g/mol. The van der Waals surface area contributed by atoms with Crippen LogP contribution in [0.25, 0.3) is 0 Å². The van der Waals surface area contributed by atoms with Crippen molar-refractivity contribution in [3.63, 3.8) is 0 Å². The zero-order valence-electron chi connectivity index (χ0n) is 11.8. The minimum atomic E-state index is -0.894. The number of benzene rings is 1. The maximum absolute atomic E-state index is 12.1. The number of hydrogen-bond donors (Lipinski definition) is 0. The summed E-state index contributed by atoms with van der Waals surface area (Å²) in [5.74, 6) is -0.914. The van der Waals surface area contributed by atoms with Crippen molar-refractivity contribution in [3.05, 3.63) is 22.8 Å². The molecule has 1 aromatic carbocycles. The molecule has 0 heterocycles. The van der Waals surface area contributed by atoms with Crippen LogP contribution in [0.4, 0.5) is 0 Å². The number of rotatable bonds is 5. The van der Waals surface area contributed by atoms with Gasteiger partial charge in [-0.2, -0.15) is 0 Å². The predicted octanol–water partition coefficient (Wildman–Crippen LogP) is 2.07. The van der Waals surface area contributed by atoms with Crippen molar-refractivity contribution in [2.45, 2.75) is 20.8 Å². The summed E-state index contributed by atoms with van der Waals surface area (Å²) in [6.07, 6.45) is 0. The van der Waals surface area contributed by atoms with Gasteiger partial charge >= 0.3 is 5.97 Å². The number of carbonyl (C=O) groups is 2. The highest BCUT2D eigenvalue weighted by Crippen LogP contribution is 2.37. The molecule has 104 valence electrons. The van der Waals surface area contributed by atoms with Gasteiger partial charge < -0.3 is 14.2 Å². The van der Waals surface area contributed by atoms with E-state index >= 15 is 0 Å². The van der Waals surface area contributed by atoms with Crippen molar-refractivity contribution in [1.29, 1.82) is 0 Å². The van der Waals surface area contributed by atoms with Crippen LogP contribution in [0.3, 0.4) is 0 Å². The molecule has 19 heavy (non-hydrogen) atoms. The van der Waals surface area contributed by atoms with Gasteiger partial charge in [0.25, 0.3) is 5.78 Å². The van der Waals surface area contributed by atoms with E-state index in [9.17, 15) is 9.59 Å². The van der Waals surface area contributed by atoms with Gasteiger partial charge in [0.2, 0.25) is 0 Å². The number of aryl methyl sites for hydroxylation is 2. The Balaban J connectivity index is 3.41. The van der Waals surface area contributed by atoms with Crippen LogP contribution < -0.4 is 9.47 Å². The lowest BCUT2D eigenvalue weighted by Gasteiger charge is -2.16. The van der Waals surface area contributed by atoms with Gasteiger partial charge in [-0.25, -0.2) is 4.79 Å². The third-order valence-corrected chi connectivity index (χ3v) is 2.71. The first-order valence-electron chi connectivity index (χ1n) is 5.91. The minimum Gasteiger partial charge on any atom is -0.493 e. The summed E-state index contributed by atoms with van der Waals surface area (Å²) in [5.41, 5.74) is 1.66. The molecule has 0 unspecified atom stereocenters. The van der Waals surface area contributed by atoms with Gasteiger partial charge in [-0.1, -0.05) is 6.07 Å². The van der Waals surface area contributed by atoms with E-state index in [2.05, 4.69) is 0 Å². The number of methoxy groups -OCH3 is 2. The summed E-state index contributed by atoms with van der Waals surface area (Å²) in [6.45, 7) is 5.37. The number of ketones is 1. The van der Waals surface area contributed by atoms with E-state index in [0.717, 1.165) is 5.56 Å². The van der Waals surface area contributed by atoms with Crippen LogP contribution in [-0.4, -0.2) is 32.6 Å². The lowest BCUT2D eigenvalue weighted by Crippen LogP contribution is -2.20. The van der Waals surface area contributed by atoms with E-state index in [1.165, 1.54) is 14.2 Å². The Morgan fingerprint density at radius 1 is 1.05 bits per heavy atom. The highest BCUT2D eigenvalue weighted by atomic mass is 16.5. The molecule has 0 radical (unpaired) electrons. The van der Waals surface area contributed by atoms with Gasteiger partial charge in [0.05, 0.1) is 26.4 Å². The van der Waals surface area contributed by atoms with Crippen molar-refractivity contribution in [1.82, 2.24) is 0 Å². The van der Waals surface area contributed by atoms with Gasteiger partial charge in [-0.3, -0.25) is 4.79 Å². The van der Waals surface area contributed by atoms with Gasteiger partial charge in [0, 0.05) is 0 Å². The molecule has 0 fully saturated rings. The molecule has 0 amide bonds. The molecular weight excluding hydrogens is 248 g/mol. The topological polar surface area (TPSA) is 61.8 Å². The Hall–Kier alpha value is -2.04. The highest BCUT2D eigenvalue weighted by Gasteiger charge is 2.27. The Morgan fingerprint density at radius 2 is 1.63 bits per heavy atom. The first-order valence-corrected chi connectivity index (χ1v) is 5.91. The third-order valence-electron chi connectivity index (χ3n) is 2.71. The van der Waals surface area contributed by atoms with Gasteiger partial charge in [-0.05, 0) is 31.9 Å². The molecule has 5 heteroatoms. The third kappa shape index (κ3) is 2.86. The van der Waals surface area contributed by atoms with Crippen molar-refractivity contribution < 1.29 is 23.8 Å². The molecule has 0 aliphatic rings. The second kappa shape index (κ2) is 6.22.